The maximum atomic E-state index is 12.5. The van der Waals surface area contributed by atoms with Crippen molar-refractivity contribution in [2.75, 3.05) is 39.8 Å². The van der Waals surface area contributed by atoms with Crippen molar-refractivity contribution < 1.29 is 14.5 Å². The topological polar surface area (TPSA) is 45.1 Å². The highest BCUT2D eigenvalue weighted by atomic mass is 35.5. The summed E-state index contributed by atoms with van der Waals surface area (Å²) in [5.74, 6) is 0.173. The number of rotatable bonds is 5. The fourth-order valence-corrected chi connectivity index (χ4v) is 3.53. The second kappa shape index (κ2) is 9.02. The number of carbonyl (C=O) groups excluding carboxylic acids is 2. The number of benzene rings is 2. The van der Waals surface area contributed by atoms with Crippen LogP contribution in [-0.4, -0.2) is 61.4 Å². The van der Waals surface area contributed by atoms with Gasteiger partial charge in [-0.25, -0.2) is 0 Å². The molecule has 0 aliphatic carbocycles. The number of hydrogen-bond acceptors (Lipinski definition) is 2. The zero-order valence-electron chi connectivity index (χ0n) is 15.5. The van der Waals surface area contributed by atoms with E-state index in [9.17, 15) is 9.59 Å². The average molecular weight is 387 g/mol. The van der Waals surface area contributed by atoms with Crippen LogP contribution in [0.2, 0.25) is 5.02 Å². The summed E-state index contributed by atoms with van der Waals surface area (Å²) in [7, 11) is 1.82. The van der Waals surface area contributed by atoms with E-state index < -0.39 is 0 Å². The minimum Gasteiger partial charge on any atom is -0.337 e. The predicted octanol–water partition coefficient (Wildman–Crippen LogP) is 1.34. The zero-order valence-corrected chi connectivity index (χ0v) is 16.3. The molecule has 0 aromatic heterocycles. The van der Waals surface area contributed by atoms with Crippen molar-refractivity contribution in [3.8, 4) is 0 Å². The Kier molecular flexibility index (Phi) is 6.48. The lowest BCUT2D eigenvalue weighted by Gasteiger charge is -2.32. The molecule has 1 fully saturated rings. The molecule has 27 heavy (non-hydrogen) atoms. The molecule has 1 N–H and O–H groups in total. The van der Waals surface area contributed by atoms with Crippen LogP contribution in [0.1, 0.15) is 15.9 Å². The van der Waals surface area contributed by atoms with Gasteiger partial charge in [-0.15, -0.1) is 0 Å². The van der Waals surface area contributed by atoms with Gasteiger partial charge in [0.2, 0.25) is 0 Å². The Labute approximate surface area is 165 Å². The standard InChI is InChI=1S/C21H24ClN3O2/c1-23(15-17-6-5-9-19(22)14-17)20(26)16-24-10-12-25(13-11-24)21(27)18-7-3-2-4-8-18/h2-9,14H,10-13,15-16H2,1H3/p+1. The molecular weight excluding hydrogens is 362 g/mol. The van der Waals surface area contributed by atoms with Gasteiger partial charge in [0.1, 0.15) is 0 Å². The van der Waals surface area contributed by atoms with Crippen LogP contribution in [0.4, 0.5) is 0 Å². The van der Waals surface area contributed by atoms with Gasteiger partial charge in [-0.3, -0.25) is 9.59 Å². The lowest BCUT2D eigenvalue weighted by atomic mass is 10.2. The molecule has 0 unspecified atom stereocenters. The molecule has 5 nitrogen and oxygen atoms in total. The molecule has 0 spiro atoms. The Morgan fingerprint density at radius 1 is 1.07 bits per heavy atom. The van der Waals surface area contributed by atoms with E-state index in [4.69, 9.17) is 11.6 Å². The number of likely N-dealkylation sites (N-methyl/N-ethyl adjacent to an activating group) is 1. The van der Waals surface area contributed by atoms with Gasteiger partial charge in [-0.2, -0.15) is 0 Å². The summed E-state index contributed by atoms with van der Waals surface area (Å²) < 4.78 is 0. The zero-order chi connectivity index (χ0) is 19.2. The normalized spacial score (nSPS) is 14.8. The molecule has 1 saturated heterocycles. The van der Waals surface area contributed by atoms with E-state index >= 15 is 0 Å². The molecule has 0 atom stereocenters. The summed E-state index contributed by atoms with van der Waals surface area (Å²) in [6, 6.07) is 16.9. The van der Waals surface area contributed by atoms with Crippen LogP contribution in [0.25, 0.3) is 0 Å². The SMILES string of the molecule is CN(Cc1cccc(Cl)c1)C(=O)C[NH+]1CCN(C(=O)c2ccccc2)CC1. The van der Waals surface area contributed by atoms with Gasteiger partial charge >= 0.3 is 0 Å². The molecule has 2 aromatic rings. The van der Waals surface area contributed by atoms with Crippen molar-refractivity contribution in [2.24, 2.45) is 0 Å². The Morgan fingerprint density at radius 3 is 2.44 bits per heavy atom. The summed E-state index contributed by atoms with van der Waals surface area (Å²) >= 11 is 6.01. The molecular formula is C21H25ClN3O2+. The Morgan fingerprint density at radius 2 is 1.78 bits per heavy atom. The van der Waals surface area contributed by atoms with Crippen molar-refractivity contribution >= 4 is 23.4 Å². The number of carbonyl (C=O) groups is 2. The lowest BCUT2D eigenvalue weighted by molar-refractivity contribution is -0.896. The van der Waals surface area contributed by atoms with Crippen LogP contribution in [0.3, 0.4) is 0 Å². The third kappa shape index (κ3) is 5.31. The van der Waals surface area contributed by atoms with E-state index in [1.54, 1.807) is 4.90 Å². The Hall–Kier alpha value is -2.37. The largest absolute Gasteiger partial charge is 0.337 e. The summed E-state index contributed by atoms with van der Waals surface area (Å²) in [6.07, 6.45) is 0. The number of nitrogens with one attached hydrogen (secondary N) is 1. The fraction of sp³-hybridized carbons (Fsp3) is 0.333. The van der Waals surface area contributed by atoms with Crippen LogP contribution < -0.4 is 4.90 Å². The third-order valence-corrected chi connectivity index (χ3v) is 5.15. The first-order valence-corrected chi connectivity index (χ1v) is 9.57. The Balaban J connectivity index is 1.47. The quantitative estimate of drug-likeness (QED) is 0.842. The van der Waals surface area contributed by atoms with E-state index in [2.05, 4.69) is 0 Å². The average Bonchev–Trinajstić information content (AvgIpc) is 2.68. The van der Waals surface area contributed by atoms with Gasteiger partial charge in [0, 0.05) is 24.2 Å². The van der Waals surface area contributed by atoms with Crippen LogP contribution in [0.5, 0.6) is 0 Å². The molecule has 0 saturated carbocycles. The molecule has 1 aliphatic heterocycles. The molecule has 2 aromatic carbocycles. The van der Waals surface area contributed by atoms with Gasteiger partial charge in [0.05, 0.1) is 26.2 Å². The first kappa shape index (κ1) is 19.4. The monoisotopic (exact) mass is 386 g/mol. The molecule has 1 aliphatic rings. The second-order valence-electron chi connectivity index (χ2n) is 6.96. The number of piperazine rings is 1. The number of quaternary nitrogens is 1. The van der Waals surface area contributed by atoms with Gasteiger partial charge in [0.15, 0.2) is 6.54 Å². The van der Waals surface area contributed by atoms with Crippen molar-refractivity contribution in [1.82, 2.24) is 9.80 Å². The molecule has 3 rings (SSSR count). The minimum atomic E-state index is 0.0686. The third-order valence-electron chi connectivity index (χ3n) is 4.91. The van der Waals surface area contributed by atoms with Crippen LogP contribution in [0.15, 0.2) is 54.6 Å². The van der Waals surface area contributed by atoms with Gasteiger partial charge in [-0.1, -0.05) is 41.9 Å². The molecule has 2 amide bonds. The van der Waals surface area contributed by atoms with Crippen LogP contribution in [0, 0.1) is 0 Å². The molecule has 0 radical (unpaired) electrons. The molecule has 0 bridgehead atoms. The van der Waals surface area contributed by atoms with Crippen molar-refractivity contribution in [2.45, 2.75) is 6.54 Å². The highest BCUT2D eigenvalue weighted by Crippen LogP contribution is 2.12. The highest BCUT2D eigenvalue weighted by molar-refractivity contribution is 6.30. The maximum absolute atomic E-state index is 12.5. The molecule has 6 heteroatoms. The van der Waals surface area contributed by atoms with E-state index in [1.165, 1.54) is 4.90 Å². The molecule has 1 heterocycles. The first-order chi connectivity index (χ1) is 13.0. The Bertz CT molecular complexity index is 789. The fourth-order valence-electron chi connectivity index (χ4n) is 3.31. The first-order valence-electron chi connectivity index (χ1n) is 9.19. The number of hydrogen-bond donors (Lipinski definition) is 1. The lowest BCUT2D eigenvalue weighted by Crippen LogP contribution is -3.15. The highest BCUT2D eigenvalue weighted by Gasteiger charge is 2.26. The van der Waals surface area contributed by atoms with E-state index in [1.807, 2.05) is 66.5 Å². The van der Waals surface area contributed by atoms with E-state index in [0.717, 1.165) is 24.2 Å². The van der Waals surface area contributed by atoms with Crippen molar-refractivity contribution in [1.29, 1.82) is 0 Å². The summed E-state index contributed by atoms with van der Waals surface area (Å²) in [5, 5.41) is 0.679. The summed E-state index contributed by atoms with van der Waals surface area (Å²) in [4.78, 5) is 29.9. The van der Waals surface area contributed by atoms with Gasteiger partial charge in [0.25, 0.3) is 11.8 Å². The summed E-state index contributed by atoms with van der Waals surface area (Å²) in [6.45, 7) is 3.92. The van der Waals surface area contributed by atoms with Crippen LogP contribution in [-0.2, 0) is 11.3 Å². The molecule has 142 valence electrons. The van der Waals surface area contributed by atoms with Crippen molar-refractivity contribution in [3.63, 3.8) is 0 Å². The van der Waals surface area contributed by atoms with Gasteiger partial charge in [-0.05, 0) is 29.8 Å². The van der Waals surface area contributed by atoms with Crippen molar-refractivity contribution in [3.05, 3.63) is 70.7 Å². The minimum absolute atomic E-state index is 0.0686. The number of halogens is 1. The predicted molar refractivity (Wildman–Crippen MR) is 106 cm³/mol. The number of amides is 2. The maximum Gasteiger partial charge on any atom is 0.277 e. The van der Waals surface area contributed by atoms with E-state index in [0.29, 0.717) is 31.2 Å². The van der Waals surface area contributed by atoms with E-state index in [-0.39, 0.29) is 11.8 Å². The second-order valence-corrected chi connectivity index (χ2v) is 7.40. The van der Waals surface area contributed by atoms with Gasteiger partial charge < -0.3 is 14.7 Å². The van der Waals surface area contributed by atoms with Crippen LogP contribution >= 0.6 is 11.6 Å². The smallest absolute Gasteiger partial charge is 0.277 e. The number of nitrogens with zero attached hydrogens (tertiary/aromatic N) is 2. The summed E-state index contributed by atoms with van der Waals surface area (Å²) in [5.41, 5.74) is 1.74.